The highest BCUT2D eigenvalue weighted by Gasteiger charge is 2.11. The SMILES string of the molecule is Cc1cc(N)c(/C=N\O)c(C)c1OCCCc1ccncc1. The lowest BCUT2D eigenvalue weighted by Gasteiger charge is -2.15. The molecule has 1 aromatic heterocycles. The van der Waals surface area contributed by atoms with Gasteiger partial charge in [0.1, 0.15) is 5.75 Å². The van der Waals surface area contributed by atoms with E-state index in [-0.39, 0.29) is 0 Å². The molecule has 0 unspecified atom stereocenters. The molecule has 0 amide bonds. The Morgan fingerprint density at radius 1 is 1.32 bits per heavy atom. The monoisotopic (exact) mass is 299 g/mol. The van der Waals surface area contributed by atoms with Crippen LogP contribution >= 0.6 is 0 Å². The van der Waals surface area contributed by atoms with Crippen molar-refractivity contribution in [1.82, 2.24) is 4.98 Å². The minimum absolute atomic E-state index is 0.580. The number of ether oxygens (including phenoxy) is 1. The van der Waals surface area contributed by atoms with Crippen molar-refractivity contribution in [2.45, 2.75) is 26.7 Å². The number of pyridine rings is 1. The fourth-order valence-corrected chi connectivity index (χ4v) is 2.46. The molecule has 5 heteroatoms. The van der Waals surface area contributed by atoms with E-state index in [9.17, 15) is 0 Å². The molecule has 116 valence electrons. The Morgan fingerprint density at radius 2 is 2.05 bits per heavy atom. The third kappa shape index (κ3) is 3.75. The van der Waals surface area contributed by atoms with Gasteiger partial charge in [0.15, 0.2) is 0 Å². The molecule has 0 aliphatic rings. The molecule has 0 atom stereocenters. The molecule has 2 aromatic rings. The first-order valence-corrected chi connectivity index (χ1v) is 7.22. The third-order valence-corrected chi connectivity index (χ3v) is 3.58. The van der Waals surface area contributed by atoms with E-state index in [1.54, 1.807) is 12.4 Å². The summed E-state index contributed by atoms with van der Waals surface area (Å²) in [5.41, 5.74) is 10.3. The van der Waals surface area contributed by atoms with Gasteiger partial charge in [-0.15, -0.1) is 0 Å². The number of aromatic nitrogens is 1. The number of oxime groups is 1. The Hall–Kier alpha value is -2.56. The molecule has 2 rings (SSSR count). The summed E-state index contributed by atoms with van der Waals surface area (Å²) >= 11 is 0. The van der Waals surface area contributed by atoms with E-state index < -0.39 is 0 Å². The van der Waals surface area contributed by atoms with Gasteiger partial charge in [0.05, 0.1) is 12.8 Å². The largest absolute Gasteiger partial charge is 0.493 e. The third-order valence-electron chi connectivity index (χ3n) is 3.58. The molecule has 0 aliphatic carbocycles. The highest BCUT2D eigenvalue weighted by molar-refractivity contribution is 5.90. The van der Waals surface area contributed by atoms with Gasteiger partial charge in [-0.25, -0.2) is 0 Å². The first-order valence-electron chi connectivity index (χ1n) is 7.22. The maximum absolute atomic E-state index is 8.74. The second-order valence-corrected chi connectivity index (χ2v) is 5.20. The van der Waals surface area contributed by atoms with Gasteiger partial charge < -0.3 is 15.7 Å². The summed E-state index contributed by atoms with van der Waals surface area (Å²) < 4.78 is 5.92. The first-order chi connectivity index (χ1) is 10.6. The van der Waals surface area contributed by atoms with E-state index in [0.717, 1.165) is 29.7 Å². The molecule has 0 bridgehead atoms. The van der Waals surface area contributed by atoms with Crippen molar-refractivity contribution < 1.29 is 9.94 Å². The molecule has 1 aromatic carbocycles. The Bertz CT molecular complexity index is 655. The fraction of sp³-hybridized carbons (Fsp3) is 0.294. The maximum atomic E-state index is 8.74. The summed E-state index contributed by atoms with van der Waals surface area (Å²) in [5, 5.41) is 11.8. The van der Waals surface area contributed by atoms with Gasteiger partial charge in [-0.1, -0.05) is 5.16 Å². The zero-order valence-corrected chi connectivity index (χ0v) is 12.9. The predicted molar refractivity (Wildman–Crippen MR) is 87.8 cm³/mol. The van der Waals surface area contributed by atoms with Crippen molar-refractivity contribution in [3.8, 4) is 5.75 Å². The molecule has 22 heavy (non-hydrogen) atoms. The molecule has 1 heterocycles. The van der Waals surface area contributed by atoms with Crippen LogP contribution in [0.2, 0.25) is 0 Å². The van der Waals surface area contributed by atoms with Crippen LogP contribution in [-0.4, -0.2) is 23.0 Å². The number of benzene rings is 1. The molecular weight excluding hydrogens is 278 g/mol. The highest BCUT2D eigenvalue weighted by Crippen LogP contribution is 2.30. The van der Waals surface area contributed by atoms with Gasteiger partial charge >= 0.3 is 0 Å². The second kappa shape index (κ2) is 7.45. The van der Waals surface area contributed by atoms with E-state index in [1.165, 1.54) is 11.8 Å². The zero-order chi connectivity index (χ0) is 15.9. The van der Waals surface area contributed by atoms with Crippen LogP contribution in [-0.2, 0) is 6.42 Å². The standard InChI is InChI=1S/C17H21N3O2/c1-12-10-16(18)15(11-20-21)13(2)17(12)22-9-3-4-14-5-7-19-8-6-14/h5-8,10-11,21H,3-4,9,18H2,1-2H3/b20-11-. The van der Waals surface area contributed by atoms with Crippen LogP contribution < -0.4 is 10.5 Å². The molecule has 5 nitrogen and oxygen atoms in total. The average Bonchev–Trinajstić information content (AvgIpc) is 2.51. The maximum Gasteiger partial charge on any atom is 0.125 e. The number of hydrogen-bond donors (Lipinski definition) is 2. The number of aryl methyl sites for hydroxylation is 2. The predicted octanol–water partition coefficient (Wildman–Crippen LogP) is 3.10. The Kier molecular flexibility index (Phi) is 5.36. The normalized spacial score (nSPS) is 11.0. The Labute approximate surface area is 130 Å². The molecule has 0 spiro atoms. The van der Waals surface area contributed by atoms with Crippen LogP contribution in [0.3, 0.4) is 0 Å². The zero-order valence-electron chi connectivity index (χ0n) is 12.9. The van der Waals surface area contributed by atoms with Gasteiger partial charge in [0, 0.05) is 29.2 Å². The van der Waals surface area contributed by atoms with Crippen LogP contribution in [0.1, 0.15) is 28.7 Å². The molecule has 0 radical (unpaired) electrons. The van der Waals surface area contributed by atoms with Crippen molar-refractivity contribution in [2.75, 3.05) is 12.3 Å². The Balaban J connectivity index is 2.02. The van der Waals surface area contributed by atoms with Crippen molar-refractivity contribution in [1.29, 1.82) is 0 Å². The number of hydrogen-bond acceptors (Lipinski definition) is 5. The lowest BCUT2D eigenvalue weighted by Crippen LogP contribution is -2.06. The smallest absolute Gasteiger partial charge is 0.125 e. The number of rotatable bonds is 6. The van der Waals surface area contributed by atoms with E-state index in [1.807, 2.05) is 32.0 Å². The number of nitrogen functional groups attached to an aromatic ring is 1. The summed E-state index contributed by atoms with van der Waals surface area (Å²) in [4.78, 5) is 4.00. The summed E-state index contributed by atoms with van der Waals surface area (Å²) in [5.74, 6) is 0.804. The van der Waals surface area contributed by atoms with Crippen molar-refractivity contribution in [2.24, 2.45) is 5.16 Å². The van der Waals surface area contributed by atoms with Crippen LogP contribution in [0.15, 0.2) is 35.7 Å². The summed E-state index contributed by atoms with van der Waals surface area (Å²) in [6.07, 6.45) is 6.79. The lowest BCUT2D eigenvalue weighted by atomic mass is 10.0. The Morgan fingerprint density at radius 3 is 2.73 bits per heavy atom. The fourth-order valence-electron chi connectivity index (χ4n) is 2.46. The lowest BCUT2D eigenvalue weighted by molar-refractivity contribution is 0.307. The van der Waals surface area contributed by atoms with Gasteiger partial charge in [-0.2, -0.15) is 0 Å². The second-order valence-electron chi connectivity index (χ2n) is 5.20. The van der Waals surface area contributed by atoms with E-state index in [0.29, 0.717) is 17.9 Å². The van der Waals surface area contributed by atoms with E-state index in [2.05, 4.69) is 10.1 Å². The minimum atomic E-state index is 0.580. The van der Waals surface area contributed by atoms with Crippen LogP contribution in [0.4, 0.5) is 5.69 Å². The number of nitrogens with two attached hydrogens (primary N) is 1. The van der Waals surface area contributed by atoms with Crippen LogP contribution in [0, 0.1) is 13.8 Å². The summed E-state index contributed by atoms with van der Waals surface area (Å²) in [6.45, 7) is 4.49. The van der Waals surface area contributed by atoms with Gasteiger partial charge in [-0.05, 0) is 56.0 Å². The molecular formula is C17H21N3O2. The quantitative estimate of drug-likeness (QED) is 0.282. The van der Waals surface area contributed by atoms with Gasteiger partial charge in [-0.3, -0.25) is 4.98 Å². The van der Waals surface area contributed by atoms with Gasteiger partial charge in [0.25, 0.3) is 0 Å². The van der Waals surface area contributed by atoms with Crippen molar-refractivity contribution in [3.63, 3.8) is 0 Å². The van der Waals surface area contributed by atoms with Crippen molar-refractivity contribution >= 4 is 11.9 Å². The van der Waals surface area contributed by atoms with E-state index >= 15 is 0 Å². The topological polar surface area (TPSA) is 80.7 Å². The number of nitrogens with zero attached hydrogens (tertiary/aromatic N) is 2. The van der Waals surface area contributed by atoms with Crippen LogP contribution in [0.5, 0.6) is 5.75 Å². The minimum Gasteiger partial charge on any atom is -0.493 e. The first kappa shape index (κ1) is 15.8. The van der Waals surface area contributed by atoms with E-state index in [4.69, 9.17) is 15.7 Å². The molecule has 0 saturated carbocycles. The molecule has 3 N–H and O–H groups in total. The van der Waals surface area contributed by atoms with Gasteiger partial charge in [0.2, 0.25) is 0 Å². The molecule has 0 saturated heterocycles. The molecule has 0 aliphatic heterocycles. The highest BCUT2D eigenvalue weighted by atomic mass is 16.5. The van der Waals surface area contributed by atoms with Crippen molar-refractivity contribution in [3.05, 3.63) is 52.8 Å². The summed E-state index contributed by atoms with van der Waals surface area (Å²) in [6, 6.07) is 5.85. The molecule has 0 fully saturated rings. The summed E-state index contributed by atoms with van der Waals surface area (Å²) in [7, 11) is 0. The van der Waals surface area contributed by atoms with Crippen LogP contribution in [0.25, 0.3) is 0 Å². The number of anilines is 1. The average molecular weight is 299 g/mol.